The number of nitro groups is 1. The Kier molecular flexibility index (Phi) is 9.92. The number of thiophene rings is 1. The van der Waals surface area contributed by atoms with Crippen molar-refractivity contribution in [1.29, 1.82) is 0 Å². The first-order valence-electron chi connectivity index (χ1n) is 15.1. The van der Waals surface area contributed by atoms with E-state index < -0.39 is 10.8 Å². The molecule has 1 atom stereocenters. The number of carbonyl (C=O) groups excluding carboxylic acids is 2. The maximum absolute atomic E-state index is 13.8. The first-order valence-corrected chi connectivity index (χ1v) is 17.0. The number of benzene rings is 3. The van der Waals surface area contributed by atoms with E-state index in [9.17, 15) is 19.7 Å². The Hall–Kier alpha value is -5.34. The first-order chi connectivity index (χ1) is 23.3. The number of hydrazone groups is 1. The highest BCUT2D eigenvalue weighted by atomic mass is 32.2. The molecule has 1 aliphatic heterocycles. The van der Waals surface area contributed by atoms with Crippen LogP contribution in [0.5, 0.6) is 5.75 Å². The molecule has 244 valence electrons. The second-order valence-electron chi connectivity index (χ2n) is 10.8. The van der Waals surface area contributed by atoms with Crippen molar-refractivity contribution in [3.8, 4) is 11.4 Å². The van der Waals surface area contributed by atoms with Crippen LogP contribution < -0.4 is 10.1 Å². The van der Waals surface area contributed by atoms with Gasteiger partial charge in [-0.25, -0.2) is 5.01 Å². The summed E-state index contributed by atoms with van der Waals surface area (Å²) in [6, 6.07) is 24.6. The monoisotopic (exact) mass is 681 g/mol. The number of nitro benzene ring substituents is 1. The van der Waals surface area contributed by atoms with Gasteiger partial charge < -0.3 is 10.1 Å². The lowest BCUT2D eigenvalue weighted by Crippen LogP contribution is -2.28. The summed E-state index contributed by atoms with van der Waals surface area (Å²) >= 11 is 2.82. The average molecular weight is 682 g/mol. The van der Waals surface area contributed by atoms with Gasteiger partial charge in [0.1, 0.15) is 5.75 Å². The molecule has 12 nitrogen and oxygen atoms in total. The Morgan fingerprint density at radius 3 is 2.46 bits per heavy atom. The van der Waals surface area contributed by atoms with Crippen LogP contribution in [0.1, 0.15) is 51.6 Å². The molecular formula is C34H31N7O5S2. The van der Waals surface area contributed by atoms with Crippen molar-refractivity contribution < 1.29 is 19.2 Å². The minimum absolute atomic E-state index is 0.0145. The van der Waals surface area contributed by atoms with E-state index in [1.807, 2.05) is 79.9 Å². The fourth-order valence-electron chi connectivity index (χ4n) is 5.19. The smallest absolute Gasteiger partial charge is 0.269 e. The molecule has 48 heavy (non-hydrogen) atoms. The van der Waals surface area contributed by atoms with Crippen LogP contribution in [-0.4, -0.2) is 54.6 Å². The molecule has 0 spiro atoms. The molecule has 6 rings (SSSR count). The molecule has 0 saturated heterocycles. The SMILES string of the molecule is CCOc1ccc(-n2c(CNC(=O)c3ccc([N+](=O)[O-])cc3)nnc2SCC(=O)N2N=C(c3cccs3)C[C@H]2c2ccc(C)cc2)cc1. The van der Waals surface area contributed by atoms with Gasteiger partial charge >= 0.3 is 0 Å². The molecule has 0 fully saturated rings. The predicted octanol–water partition coefficient (Wildman–Crippen LogP) is 6.34. The number of ether oxygens (including phenoxy) is 1. The van der Waals surface area contributed by atoms with Crippen LogP contribution in [0.25, 0.3) is 5.69 Å². The third-order valence-corrected chi connectivity index (χ3v) is 9.44. The third kappa shape index (κ3) is 7.29. The molecular weight excluding hydrogens is 651 g/mol. The standard InChI is InChI=1S/C34H31N7O5S2/c1-3-46-27-16-14-25(15-17-27)39-31(20-35-33(43)24-10-12-26(13-11-24)41(44)45)36-37-34(39)48-21-32(42)40-29(23-8-6-22(2)7-9-23)19-28(38-40)30-5-4-18-47-30/h4-18,29H,3,19-21H2,1-2H3,(H,35,43)/t29-/m0/s1. The van der Waals surface area contributed by atoms with Gasteiger partial charge in [-0.2, -0.15) is 5.10 Å². The summed E-state index contributed by atoms with van der Waals surface area (Å²) in [6.07, 6.45) is 0.612. The number of non-ortho nitro benzene ring substituents is 1. The van der Waals surface area contributed by atoms with Crippen molar-refractivity contribution in [2.24, 2.45) is 5.10 Å². The quantitative estimate of drug-likeness (QED) is 0.0912. The van der Waals surface area contributed by atoms with Gasteiger partial charge in [-0.1, -0.05) is 47.7 Å². The second-order valence-corrected chi connectivity index (χ2v) is 12.7. The topological polar surface area (TPSA) is 145 Å². The Balaban J connectivity index is 1.23. The minimum atomic E-state index is -0.522. The van der Waals surface area contributed by atoms with Gasteiger partial charge in [0.25, 0.3) is 17.5 Å². The minimum Gasteiger partial charge on any atom is -0.494 e. The van der Waals surface area contributed by atoms with Gasteiger partial charge in [-0.3, -0.25) is 24.3 Å². The lowest BCUT2D eigenvalue weighted by Gasteiger charge is -2.22. The molecule has 1 aliphatic rings. The van der Waals surface area contributed by atoms with Crippen LogP contribution in [0.15, 0.2) is 101 Å². The van der Waals surface area contributed by atoms with E-state index in [1.54, 1.807) is 20.9 Å². The van der Waals surface area contributed by atoms with E-state index >= 15 is 0 Å². The van der Waals surface area contributed by atoms with Gasteiger partial charge in [0.15, 0.2) is 11.0 Å². The van der Waals surface area contributed by atoms with Crippen molar-refractivity contribution >= 4 is 46.3 Å². The fraction of sp³-hybridized carbons (Fsp3) is 0.206. The number of hydrogen-bond acceptors (Lipinski definition) is 10. The van der Waals surface area contributed by atoms with E-state index in [2.05, 4.69) is 15.5 Å². The predicted molar refractivity (Wildman–Crippen MR) is 184 cm³/mol. The van der Waals surface area contributed by atoms with Crippen molar-refractivity contribution in [1.82, 2.24) is 25.1 Å². The molecule has 5 aromatic rings. The van der Waals surface area contributed by atoms with E-state index in [-0.39, 0.29) is 35.5 Å². The van der Waals surface area contributed by atoms with Crippen LogP contribution in [0.3, 0.4) is 0 Å². The molecule has 3 aromatic carbocycles. The first kappa shape index (κ1) is 32.6. The second kappa shape index (κ2) is 14.6. The Morgan fingerprint density at radius 1 is 1.04 bits per heavy atom. The van der Waals surface area contributed by atoms with Crippen LogP contribution in [0.4, 0.5) is 5.69 Å². The Bertz CT molecular complexity index is 1940. The number of rotatable bonds is 12. The van der Waals surface area contributed by atoms with Crippen molar-refractivity contribution in [3.05, 3.63) is 128 Å². The number of aromatic nitrogens is 3. The largest absolute Gasteiger partial charge is 0.494 e. The van der Waals surface area contributed by atoms with Crippen molar-refractivity contribution in [2.45, 2.75) is 38.0 Å². The molecule has 2 aromatic heterocycles. The zero-order valence-corrected chi connectivity index (χ0v) is 27.7. The maximum Gasteiger partial charge on any atom is 0.269 e. The van der Waals surface area contributed by atoms with E-state index in [4.69, 9.17) is 9.84 Å². The molecule has 0 aliphatic carbocycles. The molecule has 0 unspecified atom stereocenters. The van der Waals surface area contributed by atoms with Gasteiger partial charge in [0.2, 0.25) is 0 Å². The zero-order chi connectivity index (χ0) is 33.6. The molecule has 2 amide bonds. The summed E-state index contributed by atoms with van der Waals surface area (Å²) in [5, 5.41) is 31.4. The molecule has 1 N–H and O–H groups in total. The number of thioether (sulfide) groups is 1. The number of amides is 2. The molecule has 0 bridgehead atoms. The summed E-state index contributed by atoms with van der Waals surface area (Å²) in [5.74, 6) is 0.578. The zero-order valence-electron chi connectivity index (χ0n) is 26.1. The van der Waals surface area contributed by atoms with Crippen LogP contribution in [-0.2, 0) is 11.3 Å². The number of aryl methyl sites for hydroxylation is 1. The lowest BCUT2D eigenvalue weighted by molar-refractivity contribution is -0.384. The Labute approximate surface area is 284 Å². The van der Waals surface area contributed by atoms with Gasteiger partial charge in [-0.05, 0) is 67.3 Å². The highest BCUT2D eigenvalue weighted by molar-refractivity contribution is 7.99. The van der Waals surface area contributed by atoms with E-state index in [1.165, 1.54) is 36.0 Å². The summed E-state index contributed by atoms with van der Waals surface area (Å²) in [5.41, 5.74) is 3.90. The number of carbonyl (C=O) groups is 2. The highest BCUT2D eigenvalue weighted by Gasteiger charge is 2.33. The maximum atomic E-state index is 13.8. The normalized spacial score (nSPS) is 14.1. The fourth-order valence-corrected chi connectivity index (χ4v) is 6.74. The number of hydrogen-bond donors (Lipinski definition) is 1. The summed E-state index contributed by atoms with van der Waals surface area (Å²) in [4.78, 5) is 38.2. The van der Waals surface area contributed by atoms with Gasteiger partial charge in [0, 0.05) is 29.8 Å². The molecule has 0 radical (unpaired) electrons. The average Bonchev–Trinajstić information content (AvgIpc) is 3.88. The van der Waals surface area contributed by atoms with Crippen molar-refractivity contribution in [3.63, 3.8) is 0 Å². The lowest BCUT2D eigenvalue weighted by atomic mass is 10.00. The molecule has 3 heterocycles. The molecule has 0 saturated carbocycles. The summed E-state index contributed by atoms with van der Waals surface area (Å²) in [7, 11) is 0. The number of nitrogens with one attached hydrogen (secondary N) is 1. The Morgan fingerprint density at radius 2 is 1.79 bits per heavy atom. The summed E-state index contributed by atoms with van der Waals surface area (Å²) in [6.45, 7) is 4.47. The van der Waals surface area contributed by atoms with E-state index in [0.717, 1.165) is 27.4 Å². The van der Waals surface area contributed by atoms with Gasteiger partial charge in [0.05, 0.1) is 40.5 Å². The molecule has 14 heteroatoms. The van der Waals surface area contributed by atoms with Crippen LogP contribution >= 0.6 is 23.1 Å². The van der Waals surface area contributed by atoms with E-state index in [0.29, 0.717) is 29.8 Å². The van der Waals surface area contributed by atoms with Crippen LogP contribution in [0.2, 0.25) is 0 Å². The van der Waals surface area contributed by atoms with Gasteiger partial charge in [-0.15, -0.1) is 21.5 Å². The van der Waals surface area contributed by atoms with Crippen LogP contribution in [0, 0.1) is 17.0 Å². The summed E-state index contributed by atoms with van der Waals surface area (Å²) < 4.78 is 7.39. The highest BCUT2D eigenvalue weighted by Crippen LogP contribution is 2.35. The number of nitrogens with zero attached hydrogens (tertiary/aromatic N) is 6. The third-order valence-electron chi connectivity index (χ3n) is 7.61. The van der Waals surface area contributed by atoms with Crippen molar-refractivity contribution in [2.75, 3.05) is 12.4 Å².